The Labute approximate surface area is 156 Å². The predicted molar refractivity (Wildman–Crippen MR) is 102 cm³/mol. The van der Waals surface area contributed by atoms with E-state index in [0.717, 1.165) is 23.6 Å². The van der Waals surface area contributed by atoms with E-state index < -0.39 is 0 Å². The normalized spacial score (nSPS) is 24.2. The van der Waals surface area contributed by atoms with Crippen LogP contribution in [0.15, 0.2) is 42.5 Å². The molecule has 2 bridgehead atoms. The summed E-state index contributed by atoms with van der Waals surface area (Å²) >= 11 is 0. The molecule has 6 nitrogen and oxygen atoms in total. The van der Waals surface area contributed by atoms with Crippen LogP contribution in [0.2, 0.25) is 0 Å². The monoisotopic (exact) mass is 363 g/mol. The van der Waals surface area contributed by atoms with Gasteiger partial charge in [0.2, 0.25) is 5.88 Å². The van der Waals surface area contributed by atoms with E-state index in [1.807, 2.05) is 24.3 Å². The summed E-state index contributed by atoms with van der Waals surface area (Å²) in [7, 11) is 0. The number of benzene rings is 2. The third-order valence-corrected chi connectivity index (χ3v) is 5.57. The molecule has 1 aromatic heterocycles. The number of nitrogens with zero attached hydrogens (tertiary/aromatic N) is 2. The Kier molecular flexibility index (Phi) is 3.86. The molecule has 0 saturated carbocycles. The highest BCUT2D eigenvalue weighted by molar-refractivity contribution is 5.90. The predicted octanol–water partition coefficient (Wildman–Crippen LogP) is 3.37. The molecule has 2 aliphatic heterocycles. The third kappa shape index (κ3) is 3.17. The first-order valence-electron chi connectivity index (χ1n) is 9.36. The van der Waals surface area contributed by atoms with Gasteiger partial charge in [-0.05, 0) is 66.8 Å². The Bertz CT molecular complexity index is 978. The van der Waals surface area contributed by atoms with Gasteiger partial charge in [-0.1, -0.05) is 6.07 Å². The minimum Gasteiger partial charge on any atom is -0.508 e. The number of rotatable bonds is 3. The van der Waals surface area contributed by atoms with Crippen molar-refractivity contribution in [1.82, 2.24) is 15.5 Å². The van der Waals surface area contributed by atoms with E-state index >= 15 is 0 Å². The molecule has 0 radical (unpaired) electrons. The number of piperidine rings is 1. The molecule has 0 amide bonds. The van der Waals surface area contributed by atoms with Crippen LogP contribution in [-0.2, 0) is 0 Å². The fraction of sp³-hybridized carbons (Fsp3) is 0.333. The summed E-state index contributed by atoms with van der Waals surface area (Å²) in [6.45, 7) is 0. The molecule has 0 spiro atoms. The zero-order valence-electron chi connectivity index (χ0n) is 14.8. The fourth-order valence-electron chi connectivity index (χ4n) is 4.28. The first kappa shape index (κ1) is 16.3. The first-order chi connectivity index (χ1) is 13.1. The van der Waals surface area contributed by atoms with Gasteiger partial charge in [-0.2, -0.15) is 0 Å². The van der Waals surface area contributed by atoms with Gasteiger partial charge < -0.3 is 20.3 Å². The summed E-state index contributed by atoms with van der Waals surface area (Å²) in [6, 6.07) is 13.3. The number of nitrogens with one attached hydrogen (secondary N) is 1. The quantitative estimate of drug-likeness (QED) is 0.661. The molecule has 2 fully saturated rings. The highest BCUT2D eigenvalue weighted by Crippen LogP contribution is 2.34. The van der Waals surface area contributed by atoms with Crippen molar-refractivity contribution < 1.29 is 14.9 Å². The molecule has 6 heteroatoms. The minimum atomic E-state index is 0.103. The second-order valence-electron chi connectivity index (χ2n) is 7.51. The molecule has 3 atom stereocenters. The summed E-state index contributed by atoms with van der Waals surface area (Å²) in [5.74, 6) is 0.795. The van der Waals surface area contributed by atoms with Gasteiger partial charge in [-0.25, -0.2) is 0 Å². The summed E-state index contributed by atoms with van der Waals surface area (Å²) in [5.41, 5.74) is 1.19. The number of phenolic OH excluding ortho intramolecular Hbond substituents is 2. The van der Waals surface area contributed by atoms with Crippen molar-refractivity contribution in [2.45, 2.75) is 43.9 Å². The Hall–Kier alpha value is -2.86. The number of hydrogen-bond donors (Lipinski definition) is 3. The maximum Gasteiger partial charge on any atom is 0.233 e. The smallest absolute Gasteiger partial charge is 0.233 e. The third-order valence-electron chi connectivity index (χ3n) is 5.57. The van der Waals surface area contributed by atoms with E-state index in [1.165, 1.54) is 12.8 Å². The maximum atomic E-state index is 10.4. The van der Waals surface area contributed by atoms with Crippen LogP contribution in [0.4, 0.5) is 0 Å². The zero-order valence-corrected chi connectivity index (χ0v) is 14.8. The molecule has 3 heterocycles. The second-order valence-corrected chi connectivity index (χ2v) is 7.51. The molecule has 3 aromatic rings. The number of hydrogen-bond acceptors (Lipinski definition) is 6. The van der Waals surface area contributed by atoms with Gasteiger partial charge >= 0.3 is 0 Å². The lowest BCUT2D eigenvalue weighted by Crippen LogP contribution is -2.42. The molecule has 5 rings (SSSR count). The van der Waals surface area contributed by atoms with Crippen LogP contribution >= 0.6 is 0 Å². The van der Waals surface area contributed by atoms with Gasteiger partial charge in [0, 0.05) is 23.7 Å². The fourth-order valence-corrected chi connectivity index (χ4v) is 4.28. The summed E-state index contributed by atoms with van der Waals surface area (Å²) in [5, 5.41) is 33.7. The van der Waals surface area contributed by atoms with Crippen molar-refractivity contribution in [2.24, 2.45) is 0 Å². The topological polar surface area (TPSA) is 87.5 Å². The van der Waals surface area contributed by atoms with Crippen LogP contribution in [0.25, 0.3) is 22.0 Å². The highest BCUT2D eigenvalue weighted by Gasteiger charge is 2.34. The number of phenols is 2. The van der Waals surface area contributed by atoms with Gasteiger partial charge in [0.05, 0.1) is 5.69 Å². The molecule has 3 N–H and O–H groups in total. The van der Waals surface area contributed by atoms with E-state index in [9.17, 15) is 10.2 Å². The van der Waals surface area contributed by atoms with Crippen LogP contribution in [0.5, 0.6) is 17.4 Å². The van der Waals surface area contributed by atoms with E-state index in [1.54, 1.807) is 18.2 Å². The van der Waals surface area contributed by atoms with Gasteiger partial charge in [0.15, 0.2) is 0 Å². The van der Waals surface area contributed by atoms with Crippen molar-refractivity contribution in [1.29, 1.82) is 0 Å². The van der Waals surface area contributed by atoms with Crippen LogP contribution in [0.1, 0.15) is 25.7 Å². The number of aromatic hydroxyl groups is 2. The van der Waals surface area contributed by atoms with E-state index in [0.29, 0.717) is 29.2 Å². The summed E-state index contributed by atoms with van der Waals surface area (Å²) in [6.07, 6.45) is 4.67. The molecule has 1 unspecified atom stereocenters. The molecular weight excluding hydrogens is 342 g/mol. The second kappa shape index (κ2) is 6.39. The van der Waals surface area contributed by atoms with Crippen LogP contribution < -0.4 is 10.1 Å². The lowest BCUT2D eigenvalue weighted by Gasteiger charge is -2.28. The van der Waals surface area contributed by atoms with E-state index in [4.69, 9.17) is 4.74 Å². The van der Waals surface area contributed by atoms with Gasteiger partial charge in [0.25, 0.3) is 0 Å². The average molecular weight is 363 g/mol. The van der Waals surface area contributed by atoms with Crippen molar-refractivity contribution in [3.63, 3.8) is 0 Å². The van der Waals surface area contributed by atoms with Crippen molar-refractivity contribution in [3.05, 3.63) is 42.5 Å². The van der Waals surface area contributed by atoms with Crippen molar-refractivity contribution >= 4 is 10.8 Å². The summed E-state index contributed by atoms with van der Waals surface area (Å²) < 4.78 is 6.04. The number of ether oxygens (including phenoxy) is 1. The Morgan fingerprint density at radius 3 is 2.44 bits per heavy atom. The van der Waals surface area contributed by atoms with Crippen molar-refractivity contribution in [2.75, 3.05) is 0 Å². The van der Waals surface area contributed by atoms with E-state index in [-0.39, 0.29) is 17.6 Å². The Morgan fingerprint density at radius 1 is 0.889 bits per heavy atom. The van der Waals surface area contributed by atoms with Crippen LogP contribution in [-0.4, -0.2) is 38.6 Å². The molecule has 27 heavy (non-hydrogen) atoms. The molecule has 0 aliphatic carbocycles. The van der Waals surface area contributed by atoms with Gasteiger partial charge in [-0.3, -0.25) is 0 Å². The highest BCUT2D eigenvalue weighted by atomic mass is 16.5. The van der Waals surface area contributed by atoms with Crippen molar-refractivity contribution in [3.8, 4) is 28.6 Å². The molecule has 138 valence electrons. The number of fused-ring (bicyclic) bond motifs is 3. The molecular formula is C21H21N3O3. The number of aromatic nitrogens is 2. The first-order valence-corrected chi connectivity index (χ1v) is 9.36. The molecule has 2 saturated heterocycles. The largest absolute Gasteiger partial charge is 0.508 e. The maximum absolute atomic E-state index is 10.4. The Balaban J connectivity index is 1.37. The van der Waals surface area contributed by atoms with Crippen LogP contribution in [0.3, 0.4) is 0 Å². The molecule has 2 aromatic carbocycles. The van der Waals surface area contributed by atoms with Gasteiger partial charge in [-0.15, -0.1) is 10.2 Å². The standard InChI is InChI=1S/C21H21N3O3/c25-16-4-1-12-8-18(20(26)9-13(12)7-16)19-5-6-21(24-23-19)27-17-10-14-2-3-15(11-17)22-14/h1,4-9,14-15,17,22,25-26H,2-3,10-11H2/t14-,15+,17?. The Morgan fingerprint density at radius 2 is 1.70 bits per heavy atom. The van der Waals surface area contributed by atoms with Crippen LogP contribution in [0, 0.1) is 0 Å². The zero-order chi connectivity index (χ0) is 18.4. The minimum absolute atomic E-state index is 0.103. The SMILES string of the molecule is Oc1ccc2cc(-c3ccc(OC4C[C@H]5CC[C@@H](C4)N5)nn3)c(O)cc2c1. The molecule has 2 aliphatic rings. The lowest BCUT2D eigenvalue weighted by atomic mass is 10.0. The van der Waals surface area contributed by atoms with Gasteiger partial charge in [0.1, 0.15) is 17.6 Å². The average Bonchev–Trinajstić information content (AvgIpc) is 3.00. The summed E-state index contributed by atoms with van der Waals surface area (Å²) in [4.78, 5) is 0. The lowest BCUT2D eigenvalue weighted by molar-refractivity contribution is 0.130. The van der Waals surface area contributed by atoms with E-state index in [2.05, 4.69) is 15.5 Å².